The number of aryl methyl sites for hydroxylation is 1. The average Bonchev–Trinajstić information content (AvgIpc) is 2.65. The molecule has 0 aromatic heterocycles. The van der Waals surface area contributed by atoms with Crippen molar-refractivity contribution in [3.63, 3.8) is 0 Å². The zero-order chi connectivity index (χ0) is 17.7. The zero-order valence-electron chi connectivity index (χ0n) is 15.8. The van der Waals surface area contributed by atoms with Crippen LogP contribution < -0.4 is 4.74 Å². The van der Waals surface area contributed by atoms with Gasteiger partial charge in [0.25, 0.3) is 0 Å². The molecule has 2 aromatic carbocycles. The zero-order valence-corrected chi connectivity index (χ0v) is 15.8. The summed E-state index contributed by atoms with van der Waals surface area (Å²) >= 11 is 0. The minimum atomic E-state index is 0.709. The molecule has 0 saturated carbocycles. The van der Waals surface area contributed by atoms with Gasteiger partial charge in [0, 0.05) is 0 Å². The van der Waals surface area contributed by atoms with Gasteiger partial charge in [-0.3, -0.25) is 0 Å². The van der Waals surface area contributed by atoms with Gasteiger partial charge >= 0.3 is 0 Å². The van der Waals surface area contributed by atoms with Crippen molar-refractivity contribution in [2.24, 2.45) is 0 Å². The Bertz CT molecular complexity index is 608. The van der Waals surface area contributed by atoms with Gasteiger partial charge in [0.1, 0.15) is 5.75 Å². The van der Waals surface area contributed by atoms with Gasteiger partial charge < -0.3 is 4.74 Å². The number of hydrogen-bond acceptors (Lipinski definition) is 1. The Morgan fingerprint density at radius 3 is 1.84 bits per heavy atom. The Kier molecular flexibility index (Phi) is 8.90. The number of hydrogen-bond donors (Lipinski definition) is 0. The van der Waals surface area contributed by atoms with Crippen molar-refractivity contribution >= 4 is 12.2 Å². The van der Waals surface area contributed by atoms with Gasteiger partial charge in [-0.1, -0.05) is 87.6 Å². The van der Waals surface area contributed by atoms with Crippen LogP contribution >= 0.6 is 0 Å². The van der Waals surface area contributed by atoms with E-state index in [0.29, 0.717) is 6.61 Å². The van der Waals surface area contributed by atoms with Gasteiger partial charge in [0.2, 0.25) is 0 Å². The maximum atomic E-state index is 5.47. The molecule has 2 aromatic rings. The molecule has 0 amide bonds. The van der Waals surface area contributed by atoms with E-state index in [1.165, 1.54) is 61.6 Å². The molecule has 0 aliphatic heterocycles. The highest BCUT2D eigenvalue weighted by Crippen LogP contribution is 2.16. The third kappa shape index (κ3) is 7.60. The van der Waals surface area contributed by atoms with Crippen molar-refractivity contribution in [2.45, 2.75) is 58.8 Å². The molecular weight excluding hydrogens is 304 g/mol. The summed E-state index contributed by atoms with van der Waals surface area (Å²) in [4.78, 5) is 0. The topological polar surface area (TPSA) is 9.23 Å². The molecule has 0 aliphatic carbocycles. The largest absolute Gasteiger partial charge is 0.494 e. The molecule has 134 valence electrons. The highest BCUT2D eigenvalue weighted by molar-refractivity contribution is 5.69. The summed E-state index contributed by atoms with van der Waals surface area (Å²) in [7, 11) is 0. The van der Waals surface area contributed by atoms with Gasteiger partial charge in [-0.05, 0) is 48.6 Å². The Balaban J connectivity index is 1.77. The first kappa shape index (κ1) is 19.3. The Hall–Kier alpha value is -2.02. The van der Waals surface area contributed by atoms with Crippen LogP contribution in [0, 0.1) is 0 Å². The lowest BCUT2D eigenvalue weighted by molar-refractivity contribution is 0.340. The van der Waals surface area contributed by atoms with Crippen LogP contribution in [0.3, 0.4) is 0 Å². The quantitative estimate of drug-likeness (QED) is 0.312. The van der Waals surface area contributed by atoms with E-state index >= 15 is 0 Å². The minimum absolute atomic E-state index is 0.709. The van der Waals surface area contributed by atoms with Crippen LogP contribution in [0.15, 0.2) is 48.5 Å². The molecule has 0 saturated heterocycles. The average molecular weight is 337 g/mol. The van der Waals surface area contributed by atoms with Crippen molar-refractivity contribution in [2.75, 3.05) is 6.61 Å². The third-order valence-corrected chi connectivity index (χ3v) is 4.46. The van der Waals surface area contributed by atoms with E-state index in [2.05, 4.69) is 55.5 Å². The van der Waals surface area contributed by atoms with Crippen LogP contribution in [0.1, 0.15) is 69.1 Å². The maximum Gasteiger partial charge on any atom is 0.119 e. The lowest BCUT2D eigenvalue weighted by Crippen LogP contribution is -1.90. The van der Waals surface area contributed by atoms with Crippen LogP contribution in [0.5, 0.6) is 5.75 Å². The maximum absolute atomic E-state index is 5.47. The fourth-order valence-corrected chi connectivity index (χ4v) is 2.94. The molecule has 0 atom stereocenters. The van der Waals surface area contributed by atoms with Crippen LogP contribution in [0.4, 0.5) is 0 Å². The smallest absolute Gasteiger partial charge is 0.119 e. The van der Waals surface area contributed by atoms with Crippen molar-refractivity contribution in [3.05, 3.63) is 65.2 Å². The molecule has 0 radical (unpaired) electrons. The standard InChI is InChI=1S/C24H32O/c1-3-5-6-7-8-9-10-21-11-13-22(14-12-21)15-16-23-17-19-24(20-18-23)25-4-2/h11-20H,3-10H2,1-2H3. The van der Waals surface area contributed by atoms with E-state index in [4.69, 9.17) is 4.74 Å². The first-order chi connectivity index (χ1) is 12.3. The second kappa shape index (κ2) is 11.5. The van der Waals surface area contributed by atoms with Crippen LogP contribution in [-0.2, 0) is 6.42 Å². The Morgan fingerprint density at radius 1 is 0.680 bits per heavy atom. The second-order valence-electron chi connectivity index (χ2n) is 6.59. The molecule has 2 rings (SSSR count). The number of rotatable bonds is 11. The highest BCUT2D eigenvalue weighted by atomic mass is 16.5. The summed E-state index contributed by atoms with van der Waals surface area (Å²) in [5, 5.41) is 0. The molecule has 1 nitrogen and oxygen atoms in total. The summed E-state index contributed by atoms with van der Waals surface area (Å²) < 4.78 is 5.47. The highest BCUT2D eigenvalue weighted by Gasteiger charge is 1.96. The summed E-state index contributed by atoms with van der Waals surface area (Å²) in [6.45, 7) is 4.98. The molecule has 0 spiro atoms. The Labute approximate surface area is 153 Å². The lowest BCUT2D eigenvalue weighted by Gasteiger charge is -2.03. The van der Waals surface area contributed by atoms with Crippen LogP contribution in [0.2, 0.25) is 0 Å². The number of benzene rings is 2. The molecule has 0 heterocycles. The molecule has 0 fully saturated rings. The predicted molar refractivity (Wildman–Crippen MR) is 110 cm³/mol. The first-order valence-corrected chi connectivity index (χ1v) is 9.81. The minimum Gasteiger partial charge on any atom is -0.494 e. The van der Waals surface area contributed by atoms with E-state index < -0.39 is 0 Å². The fraction of sp³-hybridized carbons (Fsp3) is 0.417. The normalized spacial score (nSPS) is 11.1. The van der Waals surface area contributed by atoms with E-state index in [0.717, 1.165) is 5.75 Å². The van der Waals surface area contributed by atoms with E-state index in [9.17, 15) is 0 Å². The fourth-order valence-electron chi connectivity index (χ4n) is 2.94. The van der Waals surface area contributed by atoms with Crippen molar-refractivity contribution < 1.29 is 4.74 Å². The molecule has 0 N–H and O–H groups in total. The summed E-state index contributed by atoms with van der Waals surface area (Å²) in [5.74, 6) is 0.929. The molecule has 0 aliphatic rings. The SMILES string of the molecule is CCCCCCCCc1ccc(C=Cc2ccc(OCC)cc2)cc1. The first-order valence-electron chi connectivity index (χ1n) is 9.81. The van der Waals surface area contributed by atoms with Gasteiger partial charge in [-0.2, -0.15) is 0 Å². The van der Waals surface area contributed by atoms with Crippen LogP contribution in [0.25, 0.3) is 12.2 Å². The molecule has 25 heavy (non-hydrogen) atoms. The van der Waals surface area contributed by atoms with E-state index in [1.54, 1.807) is 0 Å². The molecular formula is C24H32O. The van der Waals surface area contributed by atoms with Crippen molar-refractivity contribution in [1.82, 2.24) is 0 Å². The summed E-state index contributed by atoms with van der Waals surface area (Å²) in [5.41, 5.74) is 3.90. The molecule has 1 heteroatoms. The second-order valence-corrected chi connectivity index (χ2v) is 6.59. The van der Waals surface area contributed by atoms with Gasteiger partial charge in [0.15, 0.2) is 0 Å². The summed E-state index contributed by atoms with van der Waals surface area (Å²) in [6, 6.07) is 17.2. The van der Waals surface area contributed by atoms with Crippen molar-refractivity contribution in [1.29, 1.82) is 0 Å². The van der Waals surface area contributed by atoms with Gasteiger partial charge in [-0.25, -0.2) is 0 Å². The Morgan fingerprint density at radius 2 is 1.24 bits per heavy atom. The van der Waals surface area contributed by atoms with Crippen LogP contribution in [-0.4, -0.2) is 6.61 Å². The lowest BCUT2D eigenvalue weighted by atomic mass is 10.0. The van der Waals surface area contributed by atoms with Gasteiger partial charge in [0.05, 0.1) is 6.61 Å². The molecule has 0 unspecified atom stereocenters. The number of ether oxygens (including phenoxy) is 1. The van der Waals surface area contributed by atoms with Crippen molar-refractivity contribution in [3.8, 4) is 5.75 Å². The summed E-state index contributed by atoms with van der Waals surface area (Å²) in [6.07, 6.45) is 13.7. The molecule has 0 bridgehead atoms. The predicted octanol–water partition coefficient (Wildman–Crippen LogP) is 7.16. The van der Waals surface area contributed by atoms with E-state index in [-0.39, 0.29) is 0 Å². The monoisotopic (exact) mass is 336 g/mol. The van der Waals surface area contributed by atoms with Gasteiger partial charge in [-0.15, -0.1) is 0 Å². The third-order valence-electron chi connectivity index (χ3n) is 4.46. The number of unbranched alkanes of at least 4 members (excludes halogenated alkanes) is 5. The van der Waals surface area contributed by atoms with E-state index in [1.807, 2.05) is 19.1 Å².